The molecule has 0 N–H and O–H groups in total. The van der Waals surface area contributed by atoms with Gasteiger partial charge in [-0.15, -0.1) is 0 Å². The molecule has 0 spiro atoms. The van der Waals surface area contributed by atoms with Crippen molar-refractivity contribution in [3.63, 3.8) is 0 Å². The number of unbranched alkanes of at least 4 members (excludes halogenated alkanes) is 1. The van der Waals surface area contributed by atoms with E-state index in [1.165, 1.54) is 57.2 Å². The Bertz CT molecular complexity index is 969. The van der Waals surface area contributed by atoms with E-state index in [4.69, 9.17) is 18.7 Å². The molecule has 0 aliphatic carbocycles. The van der Waals surface area contributed by atoms with Crippen LogP contribution in [0.2, 0.25) is 0 Å². The van der Waals surface area contributed by atoms with Gasteiger partial charge in [0, 0.05) is 39.0 Å². The molecule has 1 fully saturated rings. The topological polar surface area (TPSA) is 153 Å². The van der Waals surface area contributed by atoms with Crippen molar-refractivity contribution in [2.45, 2.75) is 25.9 Å². The number of carbonyl (C=O) groups is 2. The van der Waals surface area contributed by atoms with Crippen molar-refractivity contribution < 1.29 is 46.9 Å². The summed E-state index contributed by atoms with van der Waals surface area (Å²) in [5, 5.41) is 11.4. The zero-order valence-electron chi connectivity index (χ0n) is 20.6. The fraction of sp³-hybridized carbons (Fsp3) is 0.619. The van der Waals surface area contributed by atoms with Crippen LogP contribution in [-0.4, -0.2) is 74.9 Å². The summed E-state index contributed by atoms with van der Waals surface area (Å²) in [6.07, 6.45) is 1.08. The number of benzene rings is 1. The van der Waals surface area contributed by atoms with Crippen LogP contribution >= 0.6 is 19.6 Å². The van der Waals surface area contributed by atoms with E-state index in [2.05, 4.69) is 9.05 Å². The third-order valence-corrected chi connectivity index (χ3v) is 7.90. The number of likely N-dealkylation sites (tertiary alicyclic amines) is 1. The number of phosphoric ester groups is 1. The standard InChI is InChI=1S/C21H31N2O11PS/c1-29-18-11-16(17(23(26)27)12-19(18)30-2)14-33-21(25)22-8-7-15(13-22)20(24)36-10-6-5-9-34-35(28,31-3)32-4/h11-12,15H,5-10,13-14H2,1-4H3. The Kier molecular flexibility index (Phi) is 11.9. The second kappa shape index (κ2) is 14.4. The van der Waals surface area contributed by atoms with Gasteiger partial charge in [-0.25, -0.2) is 9.36 Å². The van der Waals surface area contributed by atoms with Gasteiger partial charge in [-0.1, -0.05) is 11.8 Å². The van der Waals surface area contributed by atoms with E-state index in [-0.39, 0.29) is 53.5 Å². The van der Waals surface area contributed by atoms with Crippen molar-refractivity contribution in [2.24, 2.45) is 5.92 Å². The molecule has 0 radical (unpaired) electrons. The minimum absolute atomic E-state index is 0.0267. The van der Waals surface area contributed by atoms with Crippen LogP contribution in [-0.2, 0) is 34.3 Å². The van der Waals surface area contributed by atoms with Crippen LogP contribution in [0.4, 0.5) is 10.5 Å². The van der Waals surface area contributed by atoms with Gasteiger partial charge in [-0.05, 0) is 25.3 Å². The summed E-state index contributed by atoms with van der Waals surface area (Å²) in [5.41, 5.74) is -0.103. The number of amides is 1. The molecule has 1 aliphatic rings. The molecule has 36 heavy (non-hydrogen) atoms. The zero-order valence-corrected chi connectivity index (χ0v) is 22.3. The Morgan fingerprint density at radius 1 is 1.14 bits per heavy atom. The van der Waals surface area contributed by atoms with Gasteiger partial charge >= 0.3 is 13.9 Å². The second-order valence-corrected chi connectivity index (χ2v) is 10.6. The first-order chi connectivity index (χ1) is 17.2. The smallest absolute Gasteiger partial charge is 0.474 e. The van der Waals surface area contributed by atoms with Crippen LogP contribution < -0.4 is 9.47 Å². The first-order valence-corrected chi connectivity index (χ1v) is 13.5. The van der Waals surface area contributed by atoms with Gasteiger partial charge in [0.05, 0.1) is 37.4 Å². The molecular formula is C21H31N2O11PS. The number of thioether (sulfide) groups is 1. The fourth-order valence-corrected chi connectivity index (χ4v) is 5.09. The lowest BCUT2D eigenvalue weighted by Gasteiger charge is -2.17. The number of nitrogens with zero attached hydrogens (tertiary/aromatic N) is 2. The number of carbonyl (C=O) groups excluding carboxylic acids is 2. The summed E-state index contributed by atoms with van der Waals surface area (Å²) in [7, 11) is 1.74. The Labute approximate surface area is 213 Å². The van der Waals surface area contributed by atoms with E-state index in [9.17, 15) is 24.3 Å². The molecule has 0 aromatic heterocycles. The highest BCUT2D eigenvalue weighted by Gasteiger charge is 2.32. The van der Waals surface area contributed by atoms with Crippen molar-refractivity contribution in [2.75, 3.05) is 53.9 Å². The number of nitro groups is 1. The average molecular weight is 551 g/mol. The highest BCUT2D eigenvalue weighted by Crippen LogP contribution is 2.47. The molecule has 1 aliphatic heterocycles. The second-order valence-electron chi connectivity index (χ2n) is 7.60. The van der Waals surface area contributed by atoms with E-state index in [0.29, 0.717) is 31.6 Å². The van der Waals surface area contributed by atoms with Crippen LogP contribution in [0.1, 0.15) is 24.8 Å². The van der Waals surface area contributed by atoms with Gasteiger partial charge in [0.1, 0.15) is 6.61 Å². The molecule has 13 nitrogen and oxygen atoms in total. The maximum atomic E-state index is 12.5. The average Bonchev–Trinajstić information content (AvgIpc) is 3.39. The van der Waals surface area contributed by atoms with E-state index in [0.717, 1.165) is 0 Å². The van der Waals surface area contributed by atoms with Crippen molar-refractivity contribution >= 4 is 36.5 Å². The molecule has 1 amide bonds. The first-order valence-electron chi connectivity index (χ1n) is 11.0. The molecule has 1 heterocycles. The monoisotopic (exact) mass is 550 g/mol. The molecule has 202 valence electrons. The first kappa shape index (κ1) is 29.8. The normalized spacial score (nSPS) is 15.6. The van der Waals surface area contributed by atoms with Crippen molar-refractivity contribution in [1.29, 1.82) is 0 Å². The molecule has 0 bridgehead atoms. The minimum atomic E-state index is -3.49. The van der Waals surface area contributed by atoms with E-state index in [1.54, 1.807) is 0 Å². The third kappa shape index (κ3) is 8.34. The predicted octanol–water partition coefficient (Wildman–Crippen LogP) is 4.03. The highest BCUT2D eigenvalue weighted by atomic mass is 32.2. The molecule has 2 rings (SSSR count). The highest BCUT2D eigenvalue weighted by molar-refractivity contribution is 8.13. The van der Waals surface area contributed by atoms with E-state index >= 15 is 0 Å². The van der Waals surface area contributed by atoms with Gasteiger partial charge in [-0.2, -0.15) is 0 Å². The minimum Gasteiger partial charge on any atom is -0.493 e. The number of rotatable bonds is 14. The Balaban J connectivity index is 1.78. The maximum Gasteiger partial charge on any atom is 0.474 e. The lowest BCUT2D eigenvalue weighted by molar-refractivity contribution is -0.385. The SMILES string of the molecule is COc1cc(COC(=O)N2CCC(C(=O)SCCCCOP(=O)(OC)OC)C2)c([N+](=O)[O-])cc1OC. The number of nitro benzene ring substituents is 1. The summed E-state index contributed by atoms with van der Waals surface area (Å²) < 4.78 is 41.7. The third-order valence-electron chi connectivity index (χ3n) is 5.39. The number of hydrogen-bond donors (Lipinski definition) is 0. The van der Waals surface area contributed by atoms with Gasteiger partial charge in [0.25, 0.3) is 5.69 Å². The summed E-state index contributed by atoms with van der Waals surface area (Å²) >= 11 is 1.17. The summed E-state index contributed by atoms with van der Waals surface area (Å²) in [6.45, 7) is 0.406. The Morgan fingerprint density at radius 3 is 2.42 bits per heavy atom. The quantitative estimate of drug-likeness (QED) is 0.142. The van der Waals surface area contributed by atoms with Crippen molar-refractivity contribution in [3.05, 3.63) is 27.8 Å². The van der Waals surface area contributed by atoms with Crippen LogP contribution in [0.5, 0.6) is 11.5 Å². The molecule has 1 unspecified atom stereocenters. The molecule has 1 saturated heterocycles. The summed E-state index contributed by atoms with van der Waals surface area (Å²) in [5.74, 6) is 0.693. The fourth-order valence-electron chi connectivity index (χ4n) is 3.40. The number of phosphoric acid groups is 1. The van der Waals surface area contributed by atoms with Crippen molar-refractivity contribution in [3.8, 4) is 11.5 Å². The van der Waals surface area contributed by atoms with Gasteiger partial charge in [0.2, 0.25) is 0 Å². The van der Waals surface area contributed by atoms with Crippen LogP contribution in [0.15, 0.2) is 12.1 Å². The van der Waals surface area contributed by atoms with Crippen LogP contribution in [0, 0.1) is 16.0 Å². The zero-order chi connectivity index (χ0) is 26.7. The van der Waals surface area contributed by atoms with Crippen molar-refractivity contribution in [1.82, 2.24) is 4.90 Å². The Hall–Kier alpha value is -2.38. The van der Waals surface area contributed by atoms with Gasteiger partial charge in [0.15, 0.2) is 16.6 Å². The molecule has 15 heteroatoms. The summed E-state index contributed by atoms with van der Waals surface area (Å²) in [6, 6.07) is 2.61. The molecule has 1 aromatic carbocycles. The van der Waals surface area contributed by atoms with E-state index < -0.39 is 18.8 Å². The molecular weight excluding hydrogens is 519 g/mol. The van der Waals surface area contributed by atoms with Crippen LogP contribution in [0.25, 0.3) is 0 Å². The van der Waals surface area contributed by atoms with E-state index in [1.807, 2.05) is 0 Å². The molecule has 0 saturated carbocycles. The lowest BCUT2D eigenvalue weighted by atomic mass is 10.1. The predicted molar refractivity (Wildman–Crippen MR) is 130 cm³/mol. The number of hydrogen-bond acceptors (Lipinski definition) is 12. The number of ether oxygens (including phenoxy) is 3. The lowest BCUT2D eigenvalue weighted by Crippen LogP contribution is -2.30. The Morgan fingerprint density at radius 2 is 1.81 bits per heavy atom. The largest absolute Gasteiger partial charge is 0.493 e. The number of methoxy groups -OCH3 is 2. The molecule has 1 atom stereocenters. The van der Waals surface area contributed by atoms with Crippen LogP contribution in [0.3, 0.4) is 0 Å². The summed E-state index contributed by atoms with van der Waals surface area (Å²) in [4.78, 5) is 37.2. The molecule has 1 aromatic rings. The van der Waals surface area contributed by atoms with Gasteiger partial charge in [-0.3, -0.25) is 28.5 Å². The van der Waals surface area contributed by atoms with Gasteiger partial charge < -0.3 is 19.1 Å². The maximum absolute atomic E-state index is 12.5.